The first-order valence-corrected chi connectivity index (χ1v) is 8.61. The molecule has 0 saturated carbocycles. The summed E-state index contributed by atoms with van der Waals surface area (Å²) in [7, 11) is -1.73. The molecule has 1 amide bonds. The molecule has 0 aromatic heterocycles. The van der Waals surface area contributed by atoms with Crippen molar-refractivity contribution in [3.63, 3.8) is 0 Å². The zero-order valence-corrected chi connectivity index (χ0v) is 12.2. The van der Waals surface area contributed by atoms with Gasteiger partial charge in [-0.1, -0.05) is 34.6 Å². The van der Waals surface area contributed by atoms with Gasteiger partial charge in [-0.05, 0) is 17.1 Å². The van der Waals surface area contributed by atoms with E-state index in [0.29, 0.717) is 13.0 Å². The molecular formula is C12H25NO2Si. The van der Waals surface area contributed by atoms with Gasteiger partial charge < -0.3 is 9.74 Å². The Morgan fingerprint density at radius 2 is 1.94 bits per heavy atom. The summed E-state index contributed by atoms with van der Waals surface area (Å²) >= 11 is 0. The molecule has 16 heavy (non-hydrogen) atoms. The van der Waals surface area contributed by atoms with Crippen molar-refractivity contribution in [3.05, 3.63) is 0 Å². The smallest absolute Gasteiger partial charge is 0.222 e. The molecule has 0 aliphatic carbocycles. The molecule has 0 unspecified atom stereocenters. The largest absolute Gasteiger partial charge is 0.411 e. The average molecular weight is 243 g/mol. The maximum Gasteiger partial charge on any atom is 0.222 e. The molecule has 0 aromatic carbocycles. The van der Waals surface area contributed by atoms with E-state index in [2.05, 4.69) is 39.9 Å². The molecule has 0 aromatic rings. The lowest BCUT2D eigenvalue weighted by Gasteiger charge is -2.42. The molecule has 1 atom stereocenters. The quantitative estimate of drug-likeness (QED) is 0.771. The van der Waals surface area contributed by atoms with Crippen molar-refractivity contribution in [1.29, 1.82) is 0 Å². The standard InChI is InChI=1S/C12H25NO2Si/c1-6-16(7-2,12(3,4)5)15-10-8-11(14)13-9-10/h10H,6-9H2,1-5H3,(H,13,14)/t10-/m1/s1. The number of amides is 1. The summed E-state index contributed by atoms with van der Waals surface area (Å²) in [5.41, 5.74) is 0. The van der Waals surface area contributed by atoms with Crippen LogP contribution in [0.15, 0.2) is 0 Å². The molecular weight excluding hydrogens is 218 g/mol. The fourth-order valence-corrected chi connectivity index (χ4v) is 6.75. The Morgan fingerprint density at radius 1 is 1.38 bits per heavy atom. The summed E-state index contributed by atoms with van der Waals surface area (Å²) in [5, 5.41) is 3.09. The van der Waals surface area contributed by atoms with Gasteiger partial charge in [0.15, 0.2) is 8.32 Å². The summed E-state index contributed by atoms with van der Waals surface area (Å²) < 4.78 is 6.39. The van der Waals surface area contributed by atoms with Crippen molar-refractivity contribution >= 4 is 14.2 Å². The number of rotatable bonds is 4. The first kappa shape index (κ1) is 13.7. The van der Waals surface area contributed by atoms with E-state index in [0.717, 1.165) is 12.1 Å². The van der Waals surface area contributed by atoms with Crippen LogP contribution >= 0.6 is 0 Å². The highest BCUT2D eigenvalue weighted by Gasteiger charge is 2.45. The highest BCUT2D eigenvalue weighted by molar-refractivity contribution is 6.76. The zero-order valence-electron chi connectivity index (χ0n) is 11.2. The lowest BCUT2D eigenvalue weighted by molar-refractivity contribution is -0.119. The molecule has 0 spiro atoms. The van der Waals surface area contributed by atoms with Crippen molar-refractivity contribution in [2.45, 2.75) is 64.3 Å². The van der Waals surface area contributed by atoms with Gasteiger partial charge in [-0.25, -0.2) is 0 Å². The van der Waals surface area contributed by atoms with Crippen LogP contribution in [0.1, 0.15) is 41.0 Å². The molecule has 0 bridgehead atoms. The Labute approximate surface area is 100 Å². The van der Waals surface area contributed by atoms with Crippen LogP contribution in [0.4, 0.5) is 0 Å². The highest BCUT2D eigenvalue weighted by Crippen LogP contribution is 2.43. The minimum atomic E-state index is -1.73. The summed E-state index contributed by atoms with van der Waals surface area (Å²) in [4.78, 5) is 11.2. The second kappa shape index (κ2) is 4.88. The van der Waals surface area contributed by atoms with Crippen molar-refractivity contribution in [2.75, 3.05) is 6.54 Å². The van der Waals surface area contributed by atoms with Gasteiger partial charge in [-0.2, -0.15) is 0 Å². The lowest BCUT2D eigenvalue weighted by atomic mass is 10.2. The summed E-state index contributed by atoms with van der Waals surface area (Å²) in [6.45, 7) is 12.0. The molecule has 3 nitrogen and oxygen atoms in total. The van der Waals surface area contributed by atoms with Crippen LogP contribution in [0.2, 0.25) is 17.1 Å². The summed E-state index contributed by atoms with van der Waals surface area (Å²) in [5.74, 6) is 0.133. The predicted molar refractivity (Wildman–Crippen MR) is 68.9 cm³/mol. The molecule has 1 N–H and O–H groups in total. The van der Waals surface area contributed by atoms with Crippen LogP contribution in [0, 0.1) is 0 Å². The van der Waals surface area contributed by atoms with Crippen LogP contribution in [0.25, 0.3) is 0 Å². The maximum absolute atomic E-state index is 11.2. The van der Waals surface area contributed by atoms with E-state index in [1.165, 1.54) is 0 Å². The van der Waals surface area contributed by atoms with E-state index in [9.17, 15) is 4.79 Å². The number of hydrogen-bond donors (Lipinski definition) is 1. The van der Waals surface area contributed by atoms with Gasteiger partial charge in [0.1, 0.15) is 0 Å². The molecule has 94 valence electrons. The molecule has 1 aliphatic rings. The number of carbonyl (C=O) groups is 1. The Balaban J connectivity index is 2.75. The monoisotopic (exact) mass is 243 g/mol. The fraction of sp³-hybridized carbons (Fsp3) is 0.917. The molecule has 0 radical (unpaired) electrons. The van der Waals surface area contributed by atoms with Crippen LogP contribution in [0.5, 0.6) is 0 Å². The number of nitrogens with one attached hydrogen (secondary N) is 1. The topological polar surface area (TPSA) is 38.3 Å². The summed E-state index contributed by atoms with van der Waals surface area (Å²) in [6, 6.07) is 2.25. The summed E-state index contributed by atoms with van der Waals surface area (Å²) in [6.07, 6.45) is 0.656. The van der Waals surface area contributed by atoms with Crippen LogP contribution in [-0.2, 0) is 9.22 Å². The highest BCUT2D eigenvalue weighted by atomic mass is 28.4. The third kappa shape index (κ3) is 2.66. The average Bonchev–Trinajstić information content (AvgIpc) is 2.58. The second-order valence-corrected chi connectivity index (χ2v) is 10.8. The maximum atomic E-state index is 11.2. The minimum Gasteiger partial charge on any atom is -0.411 e. The molecule has 4 heteroatoms. The van der Waals surface area contributed by atoms with E-state index in [1.54, 1.807) is 0 Å². The molecule has 1 fully saturated rings. The third-order valence-electron chi connectivity index (χ3n) is 3.84. The van der Waals surface area contributed by atoms with E-state index in [1.807, 2.05) is 0 Å². The number of carbonyl (C=O) groups excluding carboxylic acids is 1. The molecule has 1 aliphatic heterocycles. The van der Waals surface area contributed by atoms with E-state index >= 15 is 0 Å². The lowest BCUT2D eigenvalue weighted by Crippen LogP contribution is -2.48. The molecule has 1 rings (SSSR count). The Kier molecular flexibility index (Phi) is 4.18. The van der Waals surface area contributed by atoms with Crippen LogP contribution < -0.4 is 5.32 Å². The van der Waals surface area contributed by atoms with Crippen molar-refractivity contribution in [3.8, 4) is 0 Å². The second-order valence-electron chi connectivity index (χ2n) is 5.70. The minimum absolute atomic E-state index is 0.110. The van der Waals surface area contributed by atoms with Gasteiger partial charge in [0, 0.05) is 6.54 Å². The van der Waals surface area contributed by atoms with E-state index in [4.69, 9.17) is 4.43 Å². The molecule has 1 saturated heterocycles. The molecule has 1 heterocycles. The van der Waals surface area contributed by atoms with Gasteiger partial charge >= 0.3 is 0 Å². The predicted octanol–water partition coefficient (Wildman–Crippen LogP) is 2.68. The van der Waals surface area contributed by atoms with Gasteiger partial charge in [-0.15, -0.1) is 0 Å². The van der Waals surface area contributed by atoms with Crippen molar-refractivity contribution < 1.29 is 9.22 Å². The first-order valence-electron chi connectivity index (χ1n) is 6.29. The van der Waals surface area contributed by atoms with Crippen molar-refractivity contribution in [2.24, 2.45) is 0 Å². The van der Waals surface area contributed by atoms with Crippen LogP contribution in [-0.4, -0.2) is 26.9 Å². The van der Waals surface area contributed by atoms with Gasteiger partial charge in [-0.3, -0.25) is 4.79 Å². The Morgan fingerprint density at radius 3 is 2.25 bits per heavy atom. The Hall–Kier alpha value is -0.353. The zero-order chi connectivity index (χ0) is 12.4. The van der Waals surface area contributed by atoms with Gasteiger partial charge in [0.2, 0.25) is 5.91 Å². The van der Waals surface area contributed by atoms with E-state index < -0.39 is 8.32 Å². The van der Waals surface area contributed by atoms with Gasteiger partial charge in [0.05, 0.1) is 12.5 Å². The van der Waals surface area contributed by atoms with Gasteiger partial charge in [0.25, 0.3) is 0 Å². The fourth-order valence-electron chi connectivity index (χ4n) is 2.64. The van der Waals surface area contributed by atoms with Crippen molar-refractivity contribution in [1.82, 2.24) is 5.32 Å². The first-order chi connectivity index (χ1) is 7.34. The van der Waals surface area contributed by atoms with Crippen LogP contribution in [0.3, 0.4) is 0 Å². The Bertz CT molecular complexity index is 256. The SMILES string of the molecule is CC[Si](CC)(O[C@H]1CNC(=O)C1)C(C)(C)C. The third-order valence-corrected chi connectivity index (χ3v) is 9.64. The normalized spacial score (nSPS) is 22.3. The van der Waals surface area contributed by atoms with E-state index in [-0.39, 0.29) is 17.0 Å². The number of hydrogen-bond acceptors (Lipinski definition) is 2.